The molecule has 1 aromatic rings. The molecule has 0 bridgehead atoms. The van der Waals surface area contributed by atoms with Gasteiger partial charge in [0.25, 0.3) is 10.1 Å². The van der Waals surface area contributed by atoms with Crippen molar-refractivity contribution >= 4 is 26.0 Å². The van der Waals surface area contributed by atoms with Crippen molar-refractivity contribution in [3.8, 4) is 11.8 Å². The standard InChI is InChI=1S/C11H11BrO3S/c1-16(13,14)15-9-5-4-7-10-6-2-3-8-11(10)12/h2-3,6,8H,5,9H2,1H3. The maximum Gasteiger partial charge on any atom is 0.264 e. The second-order valence-corrected chi connectivity index (χ2v) is 5.56. The van der Waals surface area contributed by atoms with E-state index < -0.39 is 10.1 Å². The van der Waals surface area contributed by atoms with Crippen LogP contribution in [0.1, 0.15) is 12.0 Å². The molecule has 0 fully saturated rings. The van der Waals surface area contributed by atoms with Crippen molar-refractivity contribution in [1.82, 2.24) is 0 Å². The first-order valence-electron chi connectivity index (χ1n) is 4.57. The summed E-state index contributed by atoms with van der Waals surface area (Å²) in [6.45, 7) is 0.0935. The highest BCUT2D eigenvalue weighted by molar-refractivity contribution is 9.10. The van der Waals surface area contributed by atoms with Crippen LogP contribution in [-0.4, -0.2) is 21.3 Å². The third-order valence-electron chi connectivity index (χ3n) is 1.62. The first-order chi connectivity index (χ1) is 7.49. The van der Waals surface area contributed by atoms with Crippen molar-refractivity contribution in [2.45, 2.75) is 6.42 Å². The van der Waals surface area contributed by atoms with E-state index in [1.54, 1.807) is 0 Å². The van der Waals surface area contributed by atoms with Crippen molar-refractivity contribution < 1.29 is 12.6 Å². The van der Waals surface area contributed by atoms with Gasteiger partial charge in [-0.05, 0) is 28.1 Å². The molecule has 0 saturated heterocycles. The van der Waals surface area contributed by atoms with Crippen molar-refractivity contribution in [2.75, 3.05) is 12.9 Å². The molecule has 0 heterocycles. The normalized spacial score (nSPS) is 10.6. The quantitative estimate of drug-likeness (QED) is 0.488. The summed E-state index contributed by atoms with van der Waals surface area (Å²) in [5.41, 5.74) is 0.877. The molecular formula is C11H11BrO3S. The number of halogens is 1. The largest absolute Gasteiger partial charge is 0.269 e. The molecule has 0 unspecified atom stereocenters. The molecule has 0 aromatic heterocycles. The van der Waals surface area contributed by atoms with Crippen LogP contribution in [0.4, 0.5) is 0 Å². The van der Waals surface area contributed by atoms with E-state index >= 15 is 0 Å². The zero-order chi connectivity index (χ0) is 12.0. The van der Waals surface area contributed by atoms with Crippen LogP contribution in [-0.2, 0) is 14.3 Å². The van der Waals surface area contributed by atoms with Gasteiger partial charge in [-0.1, -0.05) is 24.0 Å². The summed E-state index contributed by atoms with van der Waals surface area (Å²) in [6.07, 6.45) is 1.41. The summed E-state index contributed by atoms with van der Waals surface area (Å²) in [4.78, 5) is 0. The molecule has 86 valence electrons. The fourth-order valence-electron chi connectivity index (χ4n) is 0.964. The molecule has 16 heavy (non-hydrogen) atoms. The van der Waals surface area contributed by atoms with E-state index in [4.69, 9.17) is 0 Å². The molecule has 1 aromatic carbocycles. The van der Waals surface area contributed by atoms with E-state index in [-0.39, 0.29) is 6.61 Å². The molecule has 0 atom stereocenters. The second-order valence-electron chi connectivity index (χ2n) is 3.06. The summed E-state index contributed by atoms with van der Waals surface area (Å²) in [7, 11) is -3.35. The van der Waals surface area contributed by atoms with Gasteiger partial charge in [0, 0.05) is 16.5 Å². The molecule has 5 heteroatoms. The van der Waals surface area contributed by atoms with Gasteiger partial charge in [-0.15, -0.1) is 0 Å². The van der Waals surface area contributed by atoms with Crippen LogP contribution in [0, 0.1) is 11.8 Å². The van der Waals surface area contributed by atoms with Crippen LogP contribution in [0.5, 0.6) is 0 Å². The number of rotatable bonds is 3. The zero-order valence-corrected chi connectivity index (χ0v) is 11.1. The van der Waals surface area contributed by atoms with Crippen LogP contribution >= 0.6 is 15.9 Å². The lowest BCUT2D eigenvalue weighted by atomic mass is 10.2. The summed E-state index contributed by atoms with van der Waals surface area (Å²) in [5.74, 6) is 5.77. The Hall–Kier alpha value is -0.830. The van der Waals surface area contributed by atoms with Gasteiger partial charge in [-0.25, -0.2) is 0 Å². The summed E-state index contributed by atoms with van der Waals surface area (Å²) in [6, 6.07) is 7.58. The van der Waals surface area contributed by atoms with E-state index in [1.807, 2.05) is 24.3 Å². The average molecular weight is 303 g/mol. The van der Waals surface area contributed by atoms with E-state index in [0.717, 1.165) is 16.3 Å². The zero-order valence-electron chi connectivity index (χ0n) is 8.73. The predicted molar refractivity (Wildman–Crippen MR) is 66.4 cm³/mol. The summed E-state index contributed by atoms with van der Waals surface area (Å²) in [5, 5.41) is 0. The third kappa shape index (κ3) is 5.31. The second kappa shape index (κ2) is 6.04. The Bertz CT molecular complexity index is 512. The maximum atomic E-state index is 10.6. The van der Waals surface area contributed by atoms with Crippen molar-refractivity contribution in [1.29, 1.82) is 0 Å². The molecule has 1 rings (SSSR count). The minimum Gasteiger partial charge on any atom is -0.269 e. The van der Waals surface area contributed by atoms with Gasteiger partial charge in [-0.3, -0.25) is 4.18 Å². The Morgan fingerprint density at radius 2 is 2.06 bits per heavy atom. The SMILES string of the molecule is CS(=O)(=O)OCCC#Cc1ccccc1Br. The van der Waals surface area contributed by atoms with Gasteiger partial charge in [-0.2, -0.15) is 8.42 Å². The van der Waals surface area contributed by atoms with Crippen LogP contribution in [0.2, 0.25) is 0 Å². The molecule has 0 amide bonds. The Morgan fingerprint density at radius 3 is 2.69 bits per heavy atom. The Kier molecular flexibility index (Phi) is 5.00. The molecule has 3 nitrogen and oxygen atoms in total. The maximum absolute atomic E-state index is 10.6. The van der Waals surface area contributed by atoms with Gasteiger partial charge in [0.15, 0.2) is 0 Å². The molecule has 0 aliphatic carbocycles. The lowest BCUT2D eigenvalue weighted by molar-refractivity contribution is 0.330. The summed E-state index contributed by atoms with van der Waals surface area (Å²) < 4.78 is 26.8. The Morgan fingerprint density at radius 1 is 1.38 bits per heavy atom. The Labute approximate surface area is 104 Å². The summed E-state index contributed by atoms with van der Waals surface area (Å²) >= 11 is 3.37. The van der Waals surface area contributed by atoms with Crippen LogP contribution < -0.4 is 0 Å². The number of benzene rings is 1. The topological polar surface area (TPSA) is 43.4 Å². The van der Waals surface area contributed by atoms with Gasteiger partial charge in [0.05, 0.1) is 12.9 Å². The minimum atomic E-state index is -3.35. The molecule has 0 aliphatic heterocycles. The highest BCUT2D eigenvalue weighted by atomic mass is 79.9. The van der Waals surface area contributed by atoms with E-state index in [1.165, 1.54) is 0 Å². The van der Waals surface area contributed by atoms with Crippen LogP contribution in [0.3, 0.4) is 0 Å². The van der Waals surface area contributed by atoms with Crippen molar-refractivity contribution in [3.05, 3.63) is 34.3 Å². The molecule has 0 N–H and O–H groups in total. The fourth-order valence-corrected chi connectivity index (χ4v) is 1.73. The van der Waals surface area contributed by atoms with E-state index in [9.17, 15) is 8.42 Å². The fraction of sp³-hybridized carbons (Fsp3) is 0.273. The van der Waals surface area contributed by atoms with E-state index in [2.05, 4.69) is 32.0 Å². The van der Waals surface area contributed by atoms with Gasteiger partial charge < -0.3 is 0 Å². The van der Waals surface area contributed by atoms with Crippen molar-refractivity contribution in [2.24, 2.45) is 0 Å². The molecule has 0 saturated carbocycles. The van der Waals surface area contributed by atoms with Gasteiger partial charge >= 0.3 is 0 Å². The number of hydrogen-bond acceptors (Lipinski definition) is 3. The average Bonchev–Trinajstić information content (AvgIpc) is 2.18. The Balaban J connectivity index is 2.48. The number of hydrogen-bond donors (Lipinski definition) is 0. The van der Waals surface area contributed by atoms with Gasteiger partial charge in [0.2, 0.25) is 0 Å². The molecular weight excluding hydrogens is 292 g/mol. The molecule has 0 aliphatic rings. The third-order valence-corrected chi connectivity index (χ3v) is 2.91. The van der Waals surface area contributed by atoms with E-state index in [0.29, 0.717) is 6.42 Å². The molecule has 0 spiro atoms. The first-order valence-corrected chi connectivity index (χ1v) is 7.18. The first kappa shape index (κ1) is 13.2. The lowest BCUT2D eigenvalue weighted by Gasteiger charge is -1.95. The highest BCUT2D eigenvalue weighted by Crippen LogP contribution is 2.14. The minimum absolute atomic E-state index is 0.0935. The van der Waals surface area contributed by atoms with Gasteiger partial charge in [0.1, 0.15) is 0 Å². The van der Waals surface area contributed by atoms with Crippen LogP contribution in [0.15, 0.2) is 28.7 Å². The van der Waals surface area contributed by atoms with Crippen molar-refractivity contribution in [3.63, 3.8) is 0 Å². The monoisotopic (exact) mass is 302 g/mol. The molecule has 0 radical (unpaired) electrons. The highest BCUT2D eigenvalue weighted by Gasteiger charge is 1.98. The predicted octanol–water partition coefficient (Wildman–Crippen LogP) is 2.17. The smallest absolute Gasteiger partial charge is 0.264 e. The van der Waals surface area contributed by atoms with Crippen LogP contribution in [0.25, 0.3) is 0 Å². The lowest BCUT2D eigenvalue weighted by Crippen LogP contribution is -2.03.